The molecule has 0 bridgehead atoms. The molecule has 2 N–H and O–H groups in total. The maximum atomic E-state index is 12.8. The van der Waals surface area contributed by atoms with Crippen molar-refractivity contribution < 1.29 is 9.18 Å². The van der Waals surface area contributed by atoms with Crippen LogP contribution in [0.5, 0.6) is 0 Å². The summed E-state index contributed by atoms with van der Waals surface area (Å²) in [7, 11) is 0. The van der Waals surface area contributed by atoms with Gasteiger partial charge in [-0.25, -0.2) is 9.37 Å². The minimum atomic E-state index is -0.340. The number of rotatable bonds is 1. The van der Waals surface area contributed by atoms with Crippen LogP contribution in [-0.2, 0) is 13.0 Å². The van der Waals surface area contributed by atoms with Crippen LogP contribution in [0.25, 0.3) is 0 Å². The van der Waals surface area contributed by atoms with Gasteiger partial charge in [0.15, 0.2) is 5.13 Å². The molecular formula is C13H12FN3OS. The number of halogens is 1. The largest absolute Gasteiger partial charge is 0.375 e. The van der Waals surface area contributed by atoms with Gasteiger partial charge in [-0.05, 0) is 24.3 Å². The standard InChI is InChI=1S/C13H12FN3OS/c14-9-3-1-8(2-4-9)12(18)17-6-5-10-11(7-17)19-13(15)16-10/h1-4H,5-7H2,(H2,15,16). The van der Waals surface area contributed by atoms with Crippen LogP contribution >= 0.6 is 11.3 Å². The molecule has 1 aliphatic rings. The molecule has 3 rings (SSSR count). The molecule has 1 amide bonds. The summed E-state index contributed by atoms with van der Waals surface area (Å²) in [6.45, 7) is 1.15. The molecule has 1 aliphatic heterocycles. The van der Waals surface area contributed by atoms with Crippen molar-refractivity contribution in [3.8, 4) is 0 Å². The second kappa shape index (κ2) is 4.62. The van der Waals surface area contributed by atoms with E-state index in [9.17, 15) is 9.18 Å². The quantitative estimate of drug-likeness (QED) is 0.868. The summed E-state index contributed by atoms with van der Waals surface area (Å²) in [5, 5.41) is 0.543. The lowest BCUT2D eigenvalue weighted by molar-refractivity contribution is 0.0736. The van der Waals surface area contributed by atoms with Gasteiger partial charge in [0.25, 0.3) is 5.91 Å². The summed E-state index contributed by atoms with van der Waals surface area (Å²) in [5.41, 5.74) is 7.16. The fourth-order valence-corrected chi connectivity index (χ4v) is 3.06. The highest BCUT2D eigenvalue weighted by Gasteiger charge is 2.24. The number of nitrogen functional groups attached to an aromatic ring is 1. The van der Waals surface area contributed by atoms with Crippen LogP contribution in [0.15, 0.2) is 24.3 Å². The molecule has 0 spiro atoms. The average molecular weight is 277 g/mol. The number of hydrogen-bond acceptors (Lipinski definition) is 4. The first-order chi connectivity index (χ1) is 9.13. The van der Waals surface area contributed by atoms with Crippen molar-refractivity contribution in [2.24, 2.45) is 0 Å². The summed E-state index contributed by atoms with van der Waals surface area (Å²) < 4.78 is 12.8. The Hall–Kier alpha value is -1.95. The predicted octanol–water partition coefficient (Wildman–Crippen LogP) is 2.06. The van der Waals surface area contributed by atoms with Crippen LogP contribution in [0.3, 0.4) is 0 Å². The van der Waals surface area contributed by atoms with Crippen molar-refractivity contribution in [3.05, 3.63) is 46.2 Å². The Labute approximate surface area is 113 Å². The number of carbonyl (C=O) groups is 1. The molecule has 2 heterocycles. The van der Waals surface area contributed by atoms with E-state index in [1.165, 1.54) is 35.6 Å². The van der Waals surface area contributed by atoms with Gasteiger partial charge in [0.05, 0.1) is 12.2 Å². The Morgan fingerprint density at radius 2 is 2.11 bits per heavy atom. The molecule has 0 fully saturated rings. The molecule has 19 heavy (non-hydrogen) atoms. The third-order valence-electron chi connectivity index (χ3n) is 3.13. The number of carbonyl (C=O) groups excluding carboxylic acids is 1. The molecule has 4 nitrogen and oxygen atoms in total. The SMILES string of the molecule is Nc1nc2c(s1)CN(C(=O)c1ccc(F)cc1)CC2. The zero-order valence-corrected chi connectivity index (χ0v) is 10.9. The van der Waals surface area contributed by atoms with E-state index in [0.29, 0.717) is 23.8 Å². The van der Waals surface area contributed by atoms with Gasteiger partial charge >= 0.3 is 0 Å². The molecular weight excluding hydrogens is 265 g/mol. The topological polar surface area (TPSA) is 59.2 Å². The number of fused-ring (bicyclic) bond motifs is 1. The number of anilines is 1. The highest BCUT2D eigenvalue weighted by Crippen LogP contribution is 2.27. The van der Waals surface area contributed by atoms with E-state index < -0.39 is 0 Å². The Morgan fingerprint density at radius 3 is 2.84 bits per heavy atom. The molecule has 0 aliphatic carbocycles. The lowest BCUT2D eigenvalue weighted by Crippen LogP contribution is -2.35. The molecule has 1 aromatic heterocycles. The third kappa shape index (κ3) is 2.31. The van der Waals surface area contributed by atoms with Gasteiger partial charge in [-0.15, -0.1) is 11.3 Å². The first kappa shape index (κ1) is 12.1. The maximum absolute atomic E-state index is 12.8. The minimum absolute atomic E-state index is 0.0855. The molecule has 6 heteroatoms. The van der Waals surface area contributed by atoms with Gasteiger partial charge in [-0.3, -0.25) is 4.79 Å². The first-order valence-corrected chi connectivity index (χ1v) is 6.74. The molecule has 0 radical (unpaired) electrons. The number of nitrogens with two attached hydrogens (primary N) is 1. The van der Waals surface area contributed by atoms with E-state index >= 15 is 0 Å². The van der Waals surface area contributed by atoms with Gasteiger partial charge in [-0.2, -0.15) is 0 Å². The van der Waals surface area contributed by atoms with Crippen molar-refractivity contribution in [3.63, 3.8) is 0 Å². The normalized spacial score (nSPS) is 14.3. The molecule has 98 valence electrons. The Balaban J connectivity index is 1.81. The summed E-state index contributed by atoms with van der Waals surface area (Å²) in [6.07, 6.45) is 0.718. The second-order valence-corrected chi connectivity index (χ2v) is 5.52. The Morgan fingerprint density at radius 1 is 1.37 bits per heavy atom. The van der Waals surface area contributed by atoms with Crippen molar-refractivity contribution in [1.82, 2.24) is 9.88 Å². The maximum Gasteiger partial charge on any atom is 0.254 e. The minimum Gasteiger partial charge on any atom is -0.375 e. The second-order valence-electron chi connectivity index (χ2n) is 4.41. The van der Waals surface area contributed by atoms with Crippen molar-refractivity contribution in [1.29, 1.82) is 0 Å². The van der Waals surface area contributed by atoms with Crippen molar-refractivity contribution in [2.75, 3.05) is 12.3 Å². The molecule has 0 saturated carbocycles. The van der Waals surface area contributed by atoms with Gasteiger partial charge in [0, 0.05) is 23.4 Å². The number of nitrogens with zero attached hydrogens (tertiary/aromatic N) is 2. The summed E-state index contributed by atoms with van der Waals surface area (Å²) >= 11 is 1.42. The van der Waals surface area contributed by atoms with Gasteiger partial charge in [-0.1, -0.05) is 0 Å². The molecule has 0 saturated heterocycles. The fourth-order valence-electron chi connectivity index (χ4n) is 2.16. The zero-order valence-electron chi connectivity index (χ0n) is 10.1. The van der Waals surface area contributed by atoms with E-state index in [1.807, 2.05) is 0 Å². The van der Waals surface area contributed by atoms with Crippen LogP contribution in [0.2, 0.25) is 0 Å². The molecule has 2 aromatic rings. The van der Waals surface area contributed by atoms with Crippen molar-refractivity contribution >= 4 is 22.4 Å². The number of amides is 1. The Bertz CT molecular complexity index is 623. The summed E-state index contributed by atoms with van der Waals surface area (Å²) in [6, 6.07) is 5.61. The van der Waals surface area contributed by atoms with Gasteiger partial charge < -0.3 is 10.6 Å². The number of aromatic nitrogens is 1. The molecule has 0 unspecified atom stereocenters. The Kier molecular flexibility index (Phi) is 2.94. The predicted molar refractivity (Wildman–Crippen MR) is 71.4 cm³/mol. The van der Waals surface area contributed by atoms with E-state index in [0.717, 1.165) is 17.0 Å². The molecule has 0 atom stereocenters. The van der Waals surface area contributed by atoms with Crippen LogP contribution in [-0.4, -0.2) is 22.3 Å². The number of benzene rings is 1. The van der Waals surface area contributed by atoms with E-state index in [-0.39, 0.29) is 11.7 Å². The highest BCUT2D eigenvalue weighted by molar-refractivity contribution is 7.15. The number of thiazole rings is 1. The van der Waals surface area contributed by atoms with Crippen molar-refractivity contribution in [2.45, 2.75) is 13.0 Å². The third-order valence-corrected chi connectivity index (χ3v) is 4.04. The monoisotopic (exact) mass is 277 g/mol. The zero-order chi connectivity index (χ0) is 13.4. The smallest absolute Gasteiger partial charge is 0.254 e. The highest BCUT2D eigenvalue weighted by atomic mass is 32.1. The van der Waals surface area contributed by atoms with E-state index in [2.05, 4.69) is 4.98 Å². The summed E-state index contributed by atoms with van der Waals surface area (Å²) in [4.78, 5) is 19.3. The fraction of sp³-hybridized carbons (Fsp3) is 0.231. The van der Waals surface area contributed by atoms with Gasteiger partial charge in [0.2, 0.25) is 0 Å². The van der Waals surface area contributed by atoms with Crippen LogP contribution in [0, 0.1) is 5.82 Å². The van der Waals surface area contributed by atoms with E-state index in [1.54, 1.807) is 4.90 Å². The van der Waals surface area contributed by atoms with Crippen LogP contribution < -0.4 is 5.73 Å². The number of hydrogen-bond donors (Lipinski definition) is 1. The van der Waals surface area contributed by atoms with Crippen LogP contribution in [0.1, 0.15) is 20.9 Å². The molecule has 1 aromatic carbocycles. The average Bonchev–Trinajstić information content (AvgIpc) is 2.77. The lowest BCUT2D eigenvalue weighted by Gasteiger charge is -2.26. The van der Waals surface area contributed by atoms with Gasteiger partial charge in [0.1, 0.15) is 5.82 Å². The van der Waals surface area contributed by atoms with Crippen LogP contribution in [0.4, 0.5) is 9.52 Å². The lowest BCUT2D eigenvalue weighted by atomic mass is 10.1. The summed E-state index contributed by atoms with van der Waals surface area (Å²) in [5.74, 6) is -0.426. The first-order valence-electron chi connectivity index (χ1n) is 5.92. The van der Waals surface area contributed by atoms with E-state index in [4.69, 9.17) is 5.73 Å².